The molecule has 0 aliphatic heterocycles. The second-order valence-corrected chi connectivity index (χ2v) is 4.11. The Hall–Kier alpha value is -1.08. The van der Waals surface area contributed by atoms with E-state index in [1.54, 1.807) is 0 Å². The van der Waals surface area contributed by atoms with Crippen LogP contribution >= 0.6 is 0 Å². The van der Waals surface area contributed by atoms with Crippen molar-refractivity contribution in [2.75, 3.05) is 0 Å². The fourth-order valence-corrected chi connectivity index (χ4v) is 1.81. The van der Waals surface area contributed by atoms with Crippen LogP contribution in [-0.4, -0.2) is 11.2 Å². The number of allylic oxidation sites excluding steroid dienone is 5. The third kappa shape index (κ3) is 4.19. The van der Waals surface area contributed by atoms with E-state index in [0.29, 0.717) is 0 Å². The fraction of sp³-hybridized carbons (Fsp3) is 0.467. The van der Waals surface area contributed by atoms with Crippen molar-refractivity contribution in [1.82, 2.24) is 0 Å². The van der Waals surface area contributed by atoms with Gasteiger partial charge in [0.25, 0.3) is 0 Å². The van der Waals surface area contributed by atoms with Crippen LogP contribution in [0.2, 0.25) is 0 Å². The van der Waals surface area contributed by atoms with Gasteiger partial charge in [-0.3, -0.25) is 0 Å². The first kappa shape index (κ1) is 13.0. The van der Waals surface area contributed by atoms with Crippen LogP contribution in [0, 0.1) is 0 Å². The van der Waals surface area contributed by atoms with Crippen LogP contribution in [-0.2, 0) is 0 Å². The zero-order chi connectivity index (χ0) is 11.8. The second kappa shape index (κ2) is 7.24. The monoisotopic (exact) mass is 218 g/mol. The lowest BCUT2D eigenvalue weighted by atomic mass is 9.96. The first-order valence-corrected chi connectivity index (χ1v) is 6.13. The van der Waals surface area contributed by atoms with Crippen molar-refractivity contribution >= 4 is 0 Å². The van der Waals surface area contributed by atoms with Gasteiger partial charge in [-0.2, -0.15) is 0 Å². The minimum absolute atomic E-state index is 0.340. The molecule has 0 aromatic carbocycles. The molecule has 0 radical (unpaired) electrons. The van der Waals surface area contributed by atoms with E-state index in [-0.39, 0.29) is 6.10 Å². The summed E-state index contributed by atoms with van der Waals surface area (Å²) in [5.74, 6) is 0. The molecule has 0 spiro atoms. The Kier molecular flexibility index (Phi) is 5.87. The van der Waals surface area contributed by atoms with E-state index in [9.17, 15) is 5.11 Å². The standard InChI is InChI=1S/C15H22O/c1-3-5-9-13(4-2)12-15(16)14-10-7-6-8-11-14/h3,5,7,9-11,15-16H,4,6,8,12H2,1-2H3/b5-3-,13-9+. The molecule has 0 aromatic heterocycles. The van der Waals surface area contributed by atoms with Crippen LogP contribution in [0.15, 0.2) is 47.6 Å². The lowest BCUT2D eigenvalue weighted by molar-refractivity contribution is 0.213. The van der Waals surface area contributed by atoms with Crippen molar-refractivity contribution in [1.29, 1.82) is 0 Å². The highest BCUT2D eigenvalue weighted by Gasteiger charge is 2.11. The summed E-state index contributed by atoms with van der Waals surface area (Å²) in [5.41, 5.74) is 2.37. The van der Waals surface area contributed by atoms with Crippen molar-refractivity contribution in [2.45, 2.75) is 45.6 Å². The topological polar surface area (TPSA) is 20.2 Å². The van der Waals surface area contributed by atoms with E-state index >= 15 is 0 Å². The normalized spacial score (nSPS) is 18.9. The molecule has 1 nitrogen and oxygen atoms in total. The molecule has 0 saturated heterocycles. The Morgan fingerprint density at radius 3 is 2.88 bits per heavy atom. The SMILES string of the molecule is C/C=C\C=C(/CC)CC(O)C1=CCCC=C1. The van der Waals surface area contributed by atoms with Gasteiger partial charge in [-0.1, -0.05) is 49.0 Å². The van der Waals surface area contributed by atoms with E-state index in [1.165, 1.54) is 5.57 Å². The van der Waals surface area contributed by atoms with Crippen LogP contribution in [0.1, 0.15) is 39.5 Å². The van der Waals surface area contributed by atoms with Gasteiger partial charge in [-0.15, -0.1) is 0 Å². The number of hydrogen-bond donors (Lipinski definition) is 1. The fourth-order valence-electron chi connectivity index (χ4n) is 1.81. The minimum Gasteiger partial charge on any atom is -0.388 e. The van der Waals surface area contributed by atoms with E-state index in [1.807, 2.05) is 19.1 Å². The molecule has 0 heterocycles. The van der Waals surface area contributed by atoms with Crippen LogP contribution in [0.3, 0.4) is 0 Å². The summed E-state index contributed by atoms with van der Waals surface area (Å²) in [6.45, 7) is 4.14. The number of aliphatic hydroxyl groups excluding tert-OH is 1. The lowest BCUT2D eigenvalue weighted by Gasteiger charge is -2.15. The van der Waals surface area contributed by atoms with Crippen LogP contribution in [0.25, 0.3) is 0 Å². The quantitative estimate of drug-likeness (QED) is 0.693. The molecule has 0 fully saturated rings. The molecule has 1 rings (SSSR count). The number of hydrogen-bond acceptors (Lipinski definition) is 1. The summed E-state index contributed by atoms with van der Waals surface area (Å²) in [6, 6.07) is 0. The molecule has 1 heteroatoms. The Morgan fingerprint density at radius 1 is 1.50 bits per heavy atom. The van der Waals surface area contributed by atoms with Crippen molar-refractivity contribution in [2.24, 2.45) is 0 Å². The molecular formula is C15H22O. The largest absolute Gasteiger partial charge is 0.388 e. The van der Waals surface area contributed by atoms with E-state index in [4.69, 9.17) is 0 Å². The van der Waals surface area contributed by atoms with Gasteiger partial charge in [-0.05, 0) is 38.2 Å². The molecule has 0 saturated carbocycles. The molecule has 1 atom stereocenters. The Labute approximate surface area is 98.9 Å². The van der Waals surface area contributed by atoms with Crippen LogP contribution in [0.5, 0.6) is 0 Å². The first-order chi connectivity index (χ1) is 7.77. The minimum atomic E-state index is -0.340. The molecule has 16 heavy (non-hydrogen) atoms. The van der Waals surface area contributed by atoms with Gasteiger partial charge < -0.3 is 5.11 Å². The van der Waals surface area contributed by atoms with Crippen molar-refractivity contribution < 1.29 is 5.11 Å². The average molecular weight is 218 g/mol. The third-order valence-corrected chi connectivity index (χ3v) is 2.84. The van der Waals surface area contributed by atoms with Gasteiger partial charge in [-0.25, -0.2) is 0 Å². The summed E-state index contributed by atoms with van der Waals surface area (Å²) < 4.78 is 0. The van der Waals surface area contributed by atoms with Gasteiger partial charge in [0.1, 0.15) is 0 Å². The lowest BCUT2D eigenvalue weighted by Crippen LogP contribution is -2.11. The zero-order valence-electron chi connectivity index (χ0n) is 10.3. The Balaban J connectivity index is 2.58. The number of aliphatic hydroxyl groups is 1. The summed E-state index contributed by atoms with van der Waals surface area (Å²) in [5, 5.41) is 10.1. The third-order valence-electron chi connectivity index (χ3n) is 2.84. The molecule has 0 bridgehead atoms. The molecule has 1 N–H and O–H groups in total. The first-order valence-electron chi connectivity index (χ1n) is 6.13. The highest BCUT2D eigenvalue weighted by molar-refractivity contribution is 5.28. The molecule has 1 unspecified atom stereocenters. The molecule has 0 amide bonds. The molecule has 0 aromatic rings. The molecule has 1 aliphatic rings. The second-order valence-electron chi connectivity index (χ2n) is 4.11. The van der Waals surface area contributed by atoms with E-state index in [0.717, 1.165) is 31.3 Å². The Morgan fingerprint density at radius 2 is 2.31 bits per heavy atom. The van der Waals surface area contributed by atoms with Gasteiger partial charge in [0, 0.05) is 0 Å². The predicted octanol–water partition coefficient (Wildman–Crippen LogP) is 3.93. The maximum absolute atomic E-state index is 10.1. The summed E-state index contributed by atoms with van der Waals surface area (Å²) in [4.78, 5) is 0. The average Bonchev–Trinajstić information content (AvgIpc) is 2.35. The zero-order valence-corrected chi connectivity index (χ0v) is 10.3. The van der Waals surface area contributed by atoms with Crippen molar-refractivity contribution in [3.63, 3.8) is 0 Å². The molecule has 88 valence electrons. The smallest absolute Gasteiger partial charge is 0.0824 e. The Bertz CT molecular complexity index is 318. The summed E-state index contributed by atoms with van der Waals surface area (Å²) in [7, 11) is 0. The van der Waals surface area contributed by atoms with Gasteiger partial charge in [0.05, 0.1) is 6.10 Å². The highest BCUT2D eigenvalue weighted by atomic mass is 16.3. The van der Waals surface area contributed by atoms with Crippen LogP contribution in [0.4, 0.5) is 0 Å². The van der Waals surface area contributed by atoms with Crippen LogP contribution < -0.4 is 0 Å². The maximum Gasteiger partial charge on any atom is 0.0824 e. The highest BCUT2D eigenvalue weighted by Crippen LogP contribution is 2.20. The summed E-state index contributed by atoms with van der Waals surface area (Å²) in [6.07, 6.45) is 16.1. The maximum atomic E-state index is 10.1. The van der Waals surface area contributed by atoms with Gasteiger partial charge in [0.2, 0.25) is 0 Å². The van der Waals surface area contributed by atoms with Gasteiger partial charge in [0.15, 0.2) is 0 Å². The summed E-state index contributed by atoms with van der Waals surface area (Å²) >= 11 is 0. The predicted molar refractivity (Wildman–Crippen MR) is 70.3 cm³/mol. The van der Waals surface area contributed by atoms with Crippen molar-refractivity contribution in [3.05, 3.63) is 47.6 Å². The van der Waals surface area contributed by atoms with E-state index in [2.05, 4.69) is 31.2 Å². The van der Waals surface area contributed by atoms with Gasteiger partial charge >= 0.3 is 0 Å². The molecular weight excluding hydrogens is 196 g/mol. The number of rotatable bonds is 5. The van der Waals surface area contributed by atoms with Crippen molar-refractivity contribution in [3.8, 4) is 0 Å². The molecule has 1 aliphatic carbocycles. The van der Waals surface area contributed by atoms with E-state index < -0.39 is 0 Å².